The molecule has 1 aliphatic heterocycles. The Morgan fingerprint density at radius 1 is 1.29 bits per heavy atom. The molecule has 0 aliphatic carbocycles. The number of aryl methyl sites for hydroxylation is 1. The maximum absolute atomic E-state index is 4.71. The van der Waals surface area contributed by atoms with Crippen LogP contribution < -0.4 is 10.2 Å². The minimum atomic E-state index is 0.449. The Bertz CT molecular complexity index is 698. The monoisotopic (exact) mass is 325 g/mol. The van der Waals surface area contributed by atoms with Crippen LogP contribution in [0.4, 0.5) is 17.5 Å². The molecule has 1 saturated heterocycles. The Morgan fingerprint density at radius 2 is 2.12 bits per heavy atom. The number of anilines is 3. The van der Waals surface area contributed by atoms with E-state index in [2.05, 4.69) is 66.3 Å². The Hall–Kier alpha value is -2.17. The molecular formula is C19H27N5. The molecule has 1 aliphatic rings. The summed E-state index contributed by atoms with van der Waals surface area (Å²) >= 11 is 0. The first kappa shape index (κ1) is 16.7. The summed E-state index contributed by atoms with van der Waals surface area (Å²) in [5.74, 6) is 2.62. The highest BCUT2D eigenvalue weighted by Gasteiger charge is 2.19. The topological polar surface area (TPSA) is 53.9 Å². The van der Waals surface area contributed by atoms with Crippen molar-refractivity contribution in [2.75, 3.05) is 23.3 Å². The van der Waals surface area contributed by atoms with Crippen molar-refractivity contribution in [2.45, 2.75) is 46.5 Å². The van der Waals surface area contributed by atoms with E-state index in [1.54, 1.807) is 6.20 Å². The van der Waals surface area contributed by atoms with Gasteiger partial charge in [0.1, 0.15) is 0 Å². The number of hydrogen-bond acceptors (Lipinski definition) is 5. The van der Waals surface area contributed by atoms with Crippen molar-refractivity contribution < 1.29 is 0 Å². The van der Waals surface area contributed by atoms with Gasteiger partial charge in [-0.05, 0) is 42.7 Å². The van der Waals surface area contributed by atoms with Crippen molar-refractivity contribution in [3.63, 3.8) is 0 Å². The molecule has 1 atom stereocenters. The van der Waals surface area contributed by atoms with Crippen LogP contribution in [0.5, 0.6) is 0 Å². The van der Waals surface area contributed by atoms with Crippen LogP contribution in [0.2, 0.25) is 0 Å². The molecule has 128 valence electrons. The summed E-state index contributed by atoms with van der Waals surface area (Å²) in [5, 5.41) is 11.9. The van der Waals surface area contributed by atoms with E-state index < -0.39 is 0 Å². The number of rotatable bonds is 4. The van der Waals surface area contributed by atoms with E-state index in [1.165, 1.54) is 24.0 Å². The molecule has 5 nitrogen and oxygen atoms in total. The highest BCUT2D eigenvalue weighted by atomic mass is 15.3. The number of para-hydroxylation sites is 1. The maximum atomic E-state index is 4.71. The van der Waals surface area contributed by atoms with Gasteiger partial charge in [-0.25, -0.2) is 0 Å². The smallest absolute Gasteiger partial charge is 0.247 e. The molecule has 0 radical (unpaired) electrons. The van der Waals surface area contributed by atoms with Crippen molar-refractivity contribution in [1.29, 1.82) is 0 Å². The van der Waals surface area contributed by atoms with Gasteiger partial charge >= 0.3 is 0 Å². The normalized spacial score (nSPS) is 18.0. The molecule has 2 aromatic rings. The minimum absolute atomic E-state index is 0.449. The zero-order chi connectivity index (χ0) is 17.1. The van der Waals surface area contributed by atoms with Crippen molar-refractivity contribution in [1.82, 2.24) is 15.2 Å². The summed E-state index contributed by atoms with van der Waals surface area (Å²) in [6, 6.07) is 6.40. The van der Waals surface area contributed by atoms with Crippen LogP contribution in [0.3, 0.4) is 0 Å². The number of hydrogen-bond donors (Lipinski definition) is 1. The van der Waals surface area contributed by atoms with Gasteiger partial charge in [-0.1, -0.05) is 39.0 Å². The van der Waals surface area contributed by atoms with Gasteiger partial charge in [0.05, 0.1) is 6.20 Å². The molecular weight excluding hydrogens is 298 g/mol. The molecule has 1 fully saturated rings. The van der Waals surface area contributed by atoms with Gasteiger partial charge < -0.3 is 10.2 Å². The first-order valence-corrected chi connectivity index (χ1v) is 8.85. The summed E-state index contributed by atoms with van der Waals surface area (Å²) < 4.78 is 0. The Morgan fingerprint density at radius 3 is 2.88 bits per heavy atom. The Labute approximate surface area is 144 Å². The number of nitrogens with one attached hydrogen (secondary N) is 1. The van der Waals surface area contributed by atoms with E-state index in [4.69, 9.17) is 4.98 Å². The van der Waals surface area contributed by atoms with E-state index in [9.17, 15) is 0 Å². The summed E-state index contributed by atoms with van der Waals surface area (Å²) in [7, 11) is 0. The fourth-order valence-electron chi connectivity index (χ4n) is 3.33. The SMILES string of the molecule is Cc1cccc(C(C)C)c1Nc1cnnc(N2CCCC(C)C2)n1. The molecule has 3 rings (SSSR count). The average Bonchev–Trinajstić information content (AvgIpc) is 2.57. The fraction of sp³-hybridized carbons (Fsp3) is 0.526. The van der Waals surface area contributed by atoms with Crippen LogP contribution in [-0.2, 0) is 0 Å². The minimum Gasteiger partial charge on any atom is -0.339 e. The quantitative estimate of drug-likeness (QED) is 0.909. The zero-order valence-electron chi connectivity index (χ0n) is 15.1. The van der Waals surface area contributed by atoms with Crippen LogP contribution in [0.25, 0.3) is 0 Å². The molecule has 1 aromatic heterocycles. The highest BCUT2D eigenvalue weighted by molar-refractivity contribution is 5.65. The lowest BCUT2D eigenvalue weighted by molar-refractivity contribution is 0.441. The second-order valence-corrected chi connectivity index (χ2v) is 7.15. The highest BCUT2D eigenvalue weighted by Crippen LogP contribution is 2.30. The lowest BCUT2D eigenvalue weighted by Crippen LogP contribution is -2.35. The molecule has 2 heterocycles. The lowest BCUT2D eigenvalue weighted by Gasteiger charge is -2.30. The molecule has 0 spiro atoms. The van der Waals surface area contributed by atoms with Gasteiger partial charge in [0.25, 0.3) is 0 Å². The van der Waals surface area contributed by atoms with Gasteiger partial charge in [0.2, 0.25) is 5.95 Å². The van der Waals surface area contributed by atoms with Crippen LogP contribution in [0, 0.1) is 12.8 Å². The zero-order valence-corrected chi connectivity index (χ0v) is 15.1. The third kappa shape index (κ3) is 3.66. The third-order valence-corrected chi connectivity index (χ3v) is 4.67. The first-order chi connectivity index (χ1) is 11.5. The molecule has 0 saturated carbocycles. The van der Waals surface area contributed by atoms with Crippen molar-refractivity contribution >= 4 is 17.5 Å². The number of piperidine rings is 1. The van der Waals surface area contributed by atoms with Crippen molar-refractivity contribution in [2.24, 2.45) is 5.92 Å². The number of benzene rings is 1. The molecule has 1 aromatic carbocycles. The largest absolute Gasteiger partial charge is 0.339 e. The predicted molar refractivity (Wildman–Crippen MR) is 99.0 cm³/mol. The third-order valence-electron chi connectivity index (χ3n) is 4.67. The summed E-state index contributed by atoms with van der Waals surface area (Å²) in [5.41, 5.74) is 3.64. The lowest BCUT2D eigenvalue weighted by atomic mass is 9.98. The van der Waals surface area contributed by atoms with E-state index in [1.807, 2.05) is 0 Å². The Balaban J connectivity index is 1.85. The summed E-state index contributed by atoms with van der Waals surface area (Å²) in [6.07, 6.45) is 4.17. The predicted octanol–water partition coefficient (Wildman–Crippen LogP) is 4.28. The van der Waals surface area contributed by atoms with E-state index in [0.717, 1.165) is 30.5 Å². The van der Waals surface area contributed by atoms with Crippen molar-refractivity contribution in [3.05, 3.63) is 35.5 Å². The number of nitrogens with zero attached hydrogens (tertiary/aromatic N) is 4. The van der Waals surface area contributed by atoms with Gasteiger partial charge in [-0.3, -0.25) is 0 Å². The number of aromatic nitrogens is 3. The van der Waals surface area contributed by atoms with Gasteiger partial charge in [0.15, 0.2) is 5.82 Å². The van der Waals surface area contributed by atoms with Crippen LogP contribution in [0.15, 0.2) is 24.4 Å². The van der Waals surface area contributed by atoms with E-state index in [0.29, 0.717) is 11.8 Å². The molecule has 24 heavy (non-hydrogen) atoms. The van der Waals surface area contributed by atoms with Gasteiger partial charge in [0, 0.05) is 18.8 Å². The summed E-state index contributed by atoms with van der Waals surface area (Å²) in [4.78, 5) is 6.95. The molecule has 0 bridgehead atoms. The van der Waals surface area contributed by atoms with E-state index in [-0.39, 0.29) is 0 Å². The van der Waals surface area contributed by atoms with Crippen LogP contribution in [-0.4, -0.2) is 28.3 Å². The van der Waals surface area contributed by atoms with E-state index >= 15 is 0 Å². The molecule has 1 N–H and O–H groups in total. The standard InChI is InChI=1S/C19H27N5/c1-13(2)16-9-5-8-15(4)18(16)21-17-11-20-23-19(22-17)24-10-6-7-14(3)12-24/h5,8-9,11,13-14H,6-7,10,12H2,1-4H3,(H,21,22,23). The first-order valence-electron chi connectivity index (χ1n) is 8.85. The maximum Gasteiger partial charge on any atom is 0.247 e. The Kier molecular flexibility index (Phi) is 4.97. The second-order valence-electron chi connectivity index (χ2n) is 7.15. The van der Waals surface area contributed by atoms with Gasteiger partial charge in [-0.2, -0.15) is 10.1 Å². The molecule has 1 unspecified atom stereocenters. The molecule has 5 heteroatoms. The molecule has 0 amide bonds. The fourth-order valence-corrected chi connectivity index (χ4v) is 3.33. The van der Waals surface area contributed by atoms with Gasteiger partial charge in [-0.15, -0.1) is 5.10 Å². The average molecular weight is 325 g/mol. The van der Waals surface area contributed by atoms with Crippen LogP contribution >= 0.6 is 0 Å². The van der Waals surface area contributed by atoms with Crippen LogP contribution in [0.1, 0.15) is 50.7 Å². The summed E-state index contributed by atoms with van der Waals surface area (Å²) in [6.45, 7) is 10.8. The van der Waals surface area contributed by atoms with Crippen molar-refractivity contribution in [3.8, 4) is 0 Å². The second kappa shape index (κ2) is 7.16.